The maximum Gasteiger partial charge on any atom is 0.241 e. The molecule has 2 rings (SSSR count). The molecule has 1 aliphatic rings. The number of likely N-dealkylation sites (N-methyl/N-ethyl adjacent to an activating group) is 1. The van der Waals surface area contributed by atoms with E-state index in [9.17, 15) is 4.79 Å². The maximum atomic E-state index is 12.3. The van der Waals surface area contributed by atoms with Gasteiger partial charge in [0.2, 0.25) is 5.91 Å². The minimum Gasteiger partial charge on any atom is -0.376 e. The van der Waals surface area contributed by atoms with Crippen LogP contribution in [0.3, 0.4) is 0 Å². The molecule has 2 N–H and O–H groups in total. The van der Waals surface area contributed by atoms with E-state index in [1.165, 1.54) is 11.1 Å². The highest BCUT2D eigenvalue weighted by Gasteiger charge is 2.22. The predicted octanol–water partition coefficient (Wildman–Crippen LogP) is 1.93. The van der Waals surface area contributed by atoms with Crippen molar-refractivity contribution in [2.75, 3.05) is 32.0 Å². The first-order valence-corrected chi connectivity index (χ1v) is 7.37. The largest absolute Gasteiger partial charge is 0.376 e. The third-order valence-corrected chi connectivity index (χ3v) is 4.08. The van der Waals surface area contributed by atoms with Gasteiger partial charge in [0.1, 0.15) is 0 Å². The molecule has 0 spiro atoms. The molecule has 1 atom stereocenters. The molecule has 1 fully saturated rings. The lowest BCUT2D eigenvalue weighted by Crippen LogP contribution is -2.48. The molecule has 1 heterocycles. The number of likely N-dealkylation sites (tertiary alicyclic amines) is 1. The zero-order chi connectivity index (χ0) is 14.5. The minimum absolute atomic E-state index is 0.188. The van der Waals surface area contributed by atoms with Gasteiger partial charge in [-0.15, -0.1) is 0 Å². The fourth-order valence-electron chi connectivity index (χ4n) is 2.81. The van der Waals surface area contributed by atoms with E-state index >= 15 is 0 Å². The molecule has 0 radical (unpaired) electrons. The van der Waals surface area contributed by atoms with E-state index < -0.39 is 0 Å². The number of hydrogen-bond donors (Lipinski definition) is 2. The van der Waals surface area contributed by atoms with Crippen LogP contribution in [0.5, 0.6) is 0 Å². The number of amides is 1. The van der Waals surface area contributed by atoms with Crippen molar-refractivity contribution in [2.24, 2.45) is 0 Å². The Labute approximate surface area is 121 Å². The van der Waals surface area contributed by atoms with E-state index in [4.69, 9.17) is 0 Å². The molecular formula is C16H25N3O. The topological polar surface area (TPSA) is 44.4 Å². The Balaban J connectivity index is 1.92. The number of carbonyl (C=O) groups excluding carboxylic acids is 1. The number of para-hydroxylation sites is 1. The van der Waals surface area contributed by atoms with Gasteiger partial charge in [-0.1, -0.05) is 18.2 Å². The number of nitrogens with zero attached hydrogens (tertiary/aromatic N) is 1. The first kappa shape index (κ1) is 14.9. The van der Waals surface area contributed by atoms with Crippen LogP contribution in [0.4, 0.5) is 5.69 Å². The fraction of sp³-hybridized carbons (Fsp3) is 0.562. The van der Waals surface area contributed by atoms with E-state index in [0.717, 1.165) is 31.6 Å². The fourth-order valence-corrected chi connectivity index (χ4v) is 2.81. The maximum absolute atomic E-state index is 12.3. The normalized spacial score (nSPS) is 18.9. The molecule has 1 aromatic rings. The Bertz CT molecular complexity index is 453. The van der Waals surface area contributed by atoms with E-state index in [1.807, 2.05) is 18.0 Å². The summed E-state index contributed by atoms with van der Waals surface area (Å²) >= 11 is 0. The Morgan fingerprint density at radius 1 is 1.35 bits per heavy atom. The zero-order valence-corrected chi connectivity index (χ0v) is 12.7. The summed E-state index contributed by atoms with van der Waals surface area (Å²) in [6.45, 7) is 6.22. The third-order valence-electron chi connectivity index (χ3n) is 4.08. The van der Waals surface area contributed by atoms with Crippen LogP contribution < -0.4 is 10.6 Å². The molecule has 20 heavy (non-hydrogen) atoms. The summed E-state index contributed by atoms with van der Waals surface area (Å²) in [5.74, 6) is 0.188. The summed E-state index contributed by atoms with van der Waals surface area (Å²) in [4.78, 5) is 14.3. The number of carbonyl (C=O) groups is 1. The molecule has 0 aromatic heterocycles. The molecule has 1 saturated heterocycles. The van der Waals surface area contributed by atoms with Crippen molar-refractivity contribution >= 4 is 11.6 Å². The van der Waals surface area contributed by atoms with E-state index in [0.29, 0.717) is 12.6 Å². The average molecular weight is 275 g/mol. The standard InChI is InChI=1S/C16H25N3O/c1-12-6-4-7-13(2)16(12)18-10-15(20)19-9-5-8-14(11-19)17-3/h4,6-7,14,17-18H,5,8-11H2,1-3H3. The van der Waals surface area contributed by atoms with Gasteiger partial charge in [-0.25, -0.2) is 0 Å². The van der Waals surface area contributed by atoms with Crippen molar-refractivity contribution in [2.45, 2.75) is 32.7 Å². The van der Waals surface area contributed by atoms with Crippen LogP contribution in [-0.2, 0) is 4.79 Å². The first-order chi connectivity index (χ1) is 9.61. The Kier molecular flexibility index (Phi) is 5.01. The van der Waals surface area contributed by atoms with Gasteiger partial charge in [-0.3, -0.25) is 4.79 Å². The van der Waals surface area contributed by atoms with Crippen LogP contribution in [0, 0.1) is 13.8 Å². The van der Waals surface area contributed by atoms with E-state index in [1.54, 1.807) is 0 Å². The summed E-state index contributed by atoms with van der Waals surface area (Å²) in [5.41, 5.74) is 3.46. The average Bonchev–Trinajstić information content (AvgIpc) is 2.46. The highest BCUT2D eigenvalue weighted by Crippen LogP contribution is 2.19. The third kappa shape index (κ3) is 3.51. The molecule has 4 nitrogen and oxygen atoms in total. The number of benzene rings is 1. The Hall–Kier alpha value is -1.55. The molecule has 1 unspecified atom stereocenters. The quantitative estimate of drug-likeness (QED) is 0.882. The summed E-state index contributed by atoms with van der Waals surface area (Å²) < 4.78 is 0. The summed E-state index contributed by atoms with van der Waals surface area (Å²) in [5, 5.41) is 6.57. The second kappa shape index (κ2) is 6.75. The van der Waals surface area contributed by atoms with Gasteiger partial charge in [0.25, 0.3) is 0 Å². The van der Waals surface area contributed by atoms with Crippen LogP contribution in [0.15, 0.2) is 18.2 Å². The lowest BCUT2D eigenvalue weighted by Gasteiger charge is -2.32. The van der Waals surface area contributed by atoms with Gasteiger partial charge in [0.05, 0.1) is 6.54 Å². The molecule has 110 valence electrons. The van der Waals surface area contributed by atoms with Crippen molar-refractivity contribution in [3.05, 3.63) is 29.3 Å². The van der Waals surface area contributed by atoms with Gasteiger partial charge in [-0.2, -0.15) is 0 Å². The van der Waals surface area contributed by atoms with Gasteiger partial charge in [-0.05, 0) is 44.9 Å². The van der Waals surface area contributed by atoms with E-state index in [2.05, 4.69) is 36.6 Å². The zero-order valence-electron chi connectivity index (χ0n) is 12.7. The molecule has 0 bridgehead atoms. The van der Waals surface area contributed by atoms with Gasteiger partial charge < -0.3 is 15.5 Å². The highest BCUT2D eigenvalue weighted by atomic mass is 16.2. The van der Waals surface area contributed by atoms with Crippen molar-refractivity contribution in [3.8, 4) is 0 Å². The van der Waals surface area contributed by atoms with E-state index in [-0.39, 0.29) is 5.91 Å². The highest BCUT2D eigenvalue weighted by molar-refractivity contribution is 5.81. The Morgan fingerprint density at radius 2 is 2.05 bits per heavy atom. The van der Waals surface area contributed by atoms with Crippen LogP contribution >= 0.6 is 0 Å². The van der Waals surface area contributed by atoms with Crippen LogP contribution in [0.25, 0.3) is 0 Å². The van der Waals surface area contributed by atoms with Crippen molar-refractivity contribution in [1.29, 1.82) is 0 Å². The molecular weight excluding hydrogens is 250 g/mol. The number of nitrogens with one attached hydrogen (secondary N) is 2. The second-order valence-corrected chi connectivity index (χ2v) is 5.59. The van der Waals surface area contributed by atoms with Crippen LogP contribution in [0.1, 0.15) is 24.0 Å². The SMILES string of the molecule is CNC1CCCN(C(=O)CNc2c(C)cccc2C)C1. The van der Waals surface area contributed by atoms with Crippen LogP contribution in [-0.4, -0.2) is 43.5 Å². The number of rotatable bonds is 4. The summed E-state index contributed by atoms with van der Waals surface area (Å²) in [6, 6.07) is 6.61. The predicted molar refractivity (Wildman–Crippen MR) is 83.1 cm³/mol. The lowest BCUT2D eigenvalue weighted by atomic mass is 10.1. The van der Waals surface area contributed by atoms with Crippen molar-refractivity contribution < 1.29 is 4.79 Å². The van der Waals surface area contributed by atoms with Crippen LogP contribution in [0.2, 0.25) is 0 Å². The summed E-state index contributed by atoms with van der Waals surface area (Å²) in [7, 11) is 1.97. The van der Waals surface area contributed by atoms with Gasteiger partial charge in [0, 0.05) is 24.8 Å². The van der Waals surface area contributed by atoms with Gasteiger partial charge in [0.15, 0.2) is 0 Å². The smallest absolute Gasteiger partial charge is 0.241 e. The minimum atomic E-state index is 0.188. The number of aryl methyl sites for hydroxylation is 2. The molecule has 1 aromatic carbocycles. The van der Waals surface area contributed by atoms with Gasteiger partial charge >= 0.3 is 0 Å². The van der Waals surface area contributed by atoms with Crippen molar-refractivity contribution in [3.63, 3.8) is 0 Å². The second-order valence-electron chi connectivity index (χ2n) is 5.59. The summed E-state index contributed by atoms with van der Waals surface area (Å²) in [6.07, 6.45) is 2.24. The first-order valence-electron chi connectivity index (χ1n) is 7.37. The molecule has 0 saturated carbocycles. The number of anilines is 1. The Morgan fingerprint density at radius 3 is 2.70 bits per heavy atom. The number of piperidine rings is 1. The number of hydrogen-bond acceptors (Lipinski definition) is 3. The molecule has 1 amide bonds. The monoisotopic (exact) mass is 275 g/mol. The molecule has 4 heteroatoms. The lowest BCUT2D eigenvalue weighted by molar-refractivity contribution is -0.130. The van der Waals surface area contributed by atoms with Crippen molar-refractivity contribution in [1.82, 2.24) is 10.2 Å². The molecule has 0 aliphatic carbocycles. The molecule has 1 aliphatic heterocycles.